The van der Waals surface area contributed by atoms with Crippen LogP contribution in [0.2, 0.25) is 0 Å². The van der Waals surface area contributed by atoms with Gasteiger partial charge in [0.25, 0.3) is 0 Å². The highest BCUT2D eigenvalue weighted by Gasteiger charge is 2.40. The number of imidazole rings is 1. The number of fused-ring (bicyclic) bond motifs is 1. The minimum atomic E-state index is -0.673. The molecule has 13 heteroatoms. The largest absolute Gasteiger partial charge is 0.471 e. The number of nitrogens with zero attached hydrogens (tertiary/aromatic N) is 4. The maximum Gasteiger partial charge on any atom is 0.303 e. The van der Waals surface area contributed by atoms with Crippen molar-refractivity contribution in [2.75, 3.05) is 11.9 Å². The van der Waals surface area contributed by atoms with Gasteiger partial charge in [0.15, 0.2) is 11.2 Å². The predicted molar refractivity (Wildman–Crippen MR) is 134 cm³/mol. The van der Waals surface area contributed by atoms with Gasteiger partial charge in [-0.1, -0.05) is 12.1 Å². The first kappa shape index (κ1) is 25.8. The van der Waals surface area contributed by atoms with E-state index in [-0.39, 0.29) is 37.4 Å². The summed E-state index contributed by atoms with van der Waals surface area (Å²) in [6.45, 7) is 4.09. The third kappa shape index (κ3) is 6.26. The van der Waals surface area contributed by atoms with E-state index in [1.807, 2.05) is 24.3 Å². The van der Waals surface area contributed by atoms with E-state index in [4.69, 9.17) is 18.9 Å². The first-order chi connectivity index (χ1) is 17.2. The van der Waals surface area contributed by atoms with Gasteiger partial charge in [-0.3, -0.25) is 24.3 Å². The highest BCUT2D eigenvalue weighted by atomic mass is 127. The number of anilines is 1. The van der Waals surface area contributed by atoms with E-state index in [1.54, 1.807) is 4.57 Å². The van der Waals surface area contributed by atoms with Crippen LogP contribution in [0.4, 0.5) is 5.95 Å². The average molecular weight is 609 g/mol. The summed E-state index contributed by atoms with van der Waals surface area (Å²) in [5, 5.41) is 2.58. The molecule has 190 valence electrons. The number of carbonyl (C=O) groups is 3. The lowest BCUT2D eigenvalue weighted by Gasteiger charge is -2.17. The first-order valence-corrected chi connectivity index (χ1v) is 12.1. The molecule has 0 radical (unpaired) electrons. The van der Waals surface area contributed by atoms with Gasteiger partial charge in [0.2, 0.25) is 17.7 Å². The van der Waals surface area contributed by atoms with Crippen molar-refractivity contribution < 1.29 is 33.3 Å². The summed E-state index contributed by atoms with van der Waals surface area (Å²) in [4.78, 5) is 47.8. The lowest BCUT2D eigenvalue weighted by Crippen LogP contribution is -2.31. The number of esters is 2. The molecule has 0 aliphatic carbocycles. The molecule has 2 aromatic heterocycles. The van der Waals surface area contributed by atoms with E-state index in [0.717, 1.165) is 9.13 Å². The Kier molecular flexibility index (Phi) is 7.98. The van der Waals surface area contributed by atoms with Gasteiger partial charge in [0, 0.05) is 30.8 Å². The van der Waals surface area contributed by atoms with Gasteiger partial charge >= 0.3 is 11.9 Å². The van der Waals surface area contributed by atoms with Gasteiger partial charge in [-0.05, 0) is 40.3 Å². The van der Waals surface area contributed by atoms with Crippen molar-refractivity contribution in [1.82, 2.24) is 19.5 Å². The van der Waals surface area contributed by atoms with Crippen LogP contribution in [-0.4, -0.2) is 56.2 Å². The van der Waals surface area contributed by atoms with E-state index >= 15 is 0 Å². The van der Waals surface area contributed by atoms with E-state index in [2.05, 4.69) is 42.9 Å². The molecule has 3 heterocycles. The number of amides is 1. The first-order valence-electron chi connectivity index (χ1n) is 11.0. The number of halogens is 1. The maximum absolute atomic E-state index is 11.7. The smallest absolute Gasteiger partial charge is 0.303 e. The van der Waals surface area contributed by atoms with E-state index in [9.17, 15) is 14.4 Å². The quantitative estimate of drug-likeness (QED) is 0.299. The summed E-state index contributed by atoms with van der Waals surface area (Å²) in [6.07, 6.45) is -0.164. The summed E-state index contributed by atoms with van der Waals surface area (Å²) in [5.41, 5.74) is 1.65. The highest BCUT2D eigenvalue weighted by molar-refractivity contribution is 14.1. The molecule has 0 saturated carbocycles. The van der Waals surface area contributed by atoms with Gasteiger partial charge in [0.05, 0.1) is 6.33 Å². The van der Waals surface area contributed by atoms with Crippen molar-refractivity contribution >= 4 is 57.5 Å². The van der Waals surface area contributed by atoms with Crippen LogP contribution >= 0.6 is 22.6 Å². The molecule has 1 N–H and O–H groups in total. The van der Waals surface area contributed by atoms with E-state index in [1.165, 1.54) is 27.1 Å². The molecule has 0 unspecified atom stereocenters. The number of hydrogen-bond acceptors (Lipinski definition) is 10. The standard InChI is InChI=1S/C23H24IN5O7/c1-12(30)26-23-27-21-20(22(28-23)34-9-15-4-6-16(24)7-5-15)25-11-29(21)19-8-17(35-14(3)32)18(36-19)10-33-13(2)31/h4-7,11,17-19H,8-10H2,1-3H3,(H,26,27,28,30)/t17-,18+,19+/m0/s1. The molecule has 3 atom stereocenters. The van der Waals surface area contributed by atoms with Crippen molar-refractivity contribution in [3.05, 3.63) is 39.7 Å². The zero-order valence-electron chi connectivity index (χ0n) is 19.8. The average Bonchev–Trinajstić information content (AvgIpc) is 3.40. The fourth-order valence-electron chi connectivity index (χ4n) is 3.71. The molecule has 0 spiro atoms. The molecule has 36 heavy (non-hydrogen) atoms. The second kappa shape index (κ2) is 11.2. The van der Waals surface area contributed by atoms with Gasteiger partial charge in [-0.2, -0.15) is 9.97 Å². The Bertz CT molecular complexity index is 1280. The van der Waals surface area contributed by atoms with Crippen LogP contribution in [0.15, 0.2) is 30.6 Å². The number of carbonyl (C=O) groups excluding carboxylic acids is 3. The Labute approximate surface area is 219 Å². The number of rotatable bonds is 8. The third-order valence-corrected chi connectivity index (χ3v) is 5.94. The summed E-state index contributed by atoms with van der Waals surface area (Å²) < 4.78 is 25.2. The van der Waals surface area contributed by atoms with Gasteiger partial charge in [-0.25, -0.2) is 4.98 Å². The number of hydrogen-bond donors (Lipinski definition) is 1. The monoisotopic (exact) mass is 609 g/mol. The van der Waals surface area contributed by atoms with Crippen LogP contribution in [0, 0.1) is 3.57 Å². The molecule has 1 aromatic carbocycles. The third-order valence-electron chi connectivity index (χ3n) is 5.23. The Hall–Kier alpha value is -3.33. The summed E-state index contributed by atoms with van der Waals surface area (Å²) in [6, 6.07) is 7.82. The van der Waals surface area contributed by atoms with Crippen molar-refractivity contribution in [3.8, 4) is 5.88 Å². The normalized spacial score (nSPS) is 19.2. The topological polar surface area (TPSA) is 144 Å². The molecule has 1 aliphatic heterocycles. The number of ether oxygens (including phenoxy) is 4. The molecule has 1 amide bonds. The fourth-order valence-corrected chi connectivity index (χ4v) is 4.07. The molecular weight excluding hydrogens is 585 g/mol. The van der Waals surface area contributed by atoms with Gasteiger partial charge in [-0.15, -0.1) is 0 Å². The van der Waals surface area contributed by atoms with Gasteiger partial charge in [0.1, 0.15) is 31.6 Å². The van der Waals surface area contributed by atoms with E-state index < -0.39 is 30.4 Å². The van der Waals surface area contributed by atoms with Gasteiger partial charge < -0.3 is 18.9 Å². The minimum Gasteiger partial charge on any atom is -0.471 e. The van der Waals surface area contributed by atoms with Crippen LogP contribution < -0.4 is 10.1 Å². The Morgan fingerprint density at radius 3 is 2.56 bits per heavy atom. The lowest BCUT2D eigenvalue weighted by atomic mass is 10.2. The molecule has 1 saturated heterocycles. The molecule has 1 aliphatic rings. The minimum absolute atomic E-state index is 0.0420. The molecule has 4 rings (SSSR count). The maximum atomic E-state index is 11.7. The van der Waals surface area contributed by atoms with Crippen LogP contribution in [0.1, 0.15) is 39.0 Å². The summed E-state index contributed by atoms with van der Waals surface area (Å²) in [5.74, 6) is -1.07. The molecule has 3 aromatic rings. The molecule has 12 nitrogen and oxygen atoms in total. The van der Waals surface area contributed by atoms with Crippen molar-refractivity contribution in [2.45, 2.75) is 52.2 Å². The zero-order chi connectivity index (χ0) is 25.8. The van der Waals surface area contributed by atoms with E-state index in [0.29, 0.717) is 11.2 Å². The second-order valence-corrected chi connectivity index (χ2v) is 9.33. The second-order valence-electron chi connectivity index (χ2n) is 8.09. The number of nitrogens with one attached hydrogen (secondary N) is 1. The summed E-state index contributed by atoms with van der Waals surface area (Å²) >= 11 is 2.22. The molecular formula is C23H24IN5O7. The van der Waals surface area contributed by atoms with Crippen molar-refractivity contribution in [3.63, 3.8) is 0 Å². The van der Waals surface area contributed by atoms with Crippen LogP contribution in [-0.2, 0) is 35.2 Å². The molecule has 1 fully saturated rings. The Balaban J connectivity index is 1.64. The van der Waals surface area contributed by atoms with Crippen molar-refractivity contribution in [2.24, 2.45) is 0 Å². The highest BCUT2D eigenvalue weighted by Crippen LogP contribution is 2.34. The lowest BCUT2D eigenvalue weighted by molar-refractivity contribution is -0.155. The van der Waals surface area contributed by atoms with Crippen LogP contribution in [0.25, 0.3) is 11.2 Å². The number of aromatic nitrogens is 4. The zero-order valence-corrected chi connectivity index (χ0v) is 21.9. The van der Waals surface area contributed by atoms with Crippen molar-refractivity contribution in [1.29, 1.82) is 0 Å². The fraction of sp³-hybridized carbons (Fsp3) is 0.391. The Morgan fingerprint density at radius 2 is 1.89 bits per heavy atom. The SMILES string of the molecule is CC(=O)Nc1nc(OCc2ccc(I)cc2)c2ncn([C@H]3C[C@H](OC(C)=O)[C@@H](COC(C)=O)O3)c2n1. The molecule has 0 bridgehead atoms. The van der Waals surface area contributed by atoms with Crippen LogP contribution in [0.5, 0.6) is 5.88 Å². The summed E-state index contributed by atoms with van der Waals surface area (Å²) in [7, 11) is 0. The Morgan fingerprint density at radius 1 is 1.14 bits per heavy atom. The predicted octanol–water partition coefficient (Wildman–Crippen LogP) is 2.75. The van der Waals surface area contributed by atoms with Crippen LogP contribution in [0.3, 0.4) is 0 Å². The number of benzene rings is 1.